The minimum absolute atomic E-state index is 0.0321. The number of rotatable bonds is 7. The van der Waals surface area contributed by atoms with Crippen molar-refractivity contribution >= 4 is 16.0 Å². The van der Waals surface area contributed by atoms with E-state index in [1.54, 1.807) is 10.8 Å². The van der Waals surface area contributed by atoms with Crippen molar-refractivity contribution in [1.29, 1.82) is 0 Å². The normalized spacial score (nSPS) is 22.8. The van der Waals surface area contributed by atoms with Crippen LogP contribution in [0, 0.1) is 5.41 Å². The second-order valence-corrected chi connectivity index (χ2v) is 7.90. The SMILES string of the molecule is C=CC[C@]1(C(=O)O)CCCN(S(=O)(=O)c2cnn(CCC)c2)C1. The van der Waals surface area contributed by atoms with Crippen LogP contribution in [0.25, 0.3) is 0 Å². The zero-order valence-corrected chi connectivity index (χ0v) is 14.1. The van der Waals surface area contributed by atoms with Crippen molar-refractivity contribution in [2.24, 2.45) is 5.41 Å². The number of nitrogens with zero attached hydrogens (tertiary/aromatic N) is 3. The van der Waals surface area contributed by atoms with Gasteiger partial charge in [-0.1, -0.05) is 13.0 Å². The molecule has 1 aromatic heterocycles. The first-order valence-electron chi connectivity index (χ1n) is 7.72. The Bertz CT molecular complexity index is 683. The van der Waals surface area contributed by atoms with Crippen molar-refractivity contribution in [1.82, 2.24) is 14.1 Å². The predicted molar refractivity (Wildman–Crippen MR) is 85.4 cm³/mol. The Hall–Kier alpha value is -1.67. The highest BCUT2D eigenvalue weighted by molar-refractivity contribution is 7.89. The molecular formula is C15H23N3O4S. The molecule has 0 unspecified atom stereocenters. The second-order valence-electron chi connectivity index (χ2n) is 5.96. The highest BCUT2D eigenvalue weighted by Crippen LogP contribution is 2.36. The third-order valence-electron chi connectivity index (χ3n) is 4.23. The van der Waals surface area contributed by atoms with Crippen LogP contribution in [0.2, 0.25) is 0 Å². The van der Waals surface area contributed by atoms with Crippen molar-refractivity contribution in [3.05, 3.63) is 25.0 Å². The quantitative estimate of drug-likeness (QED) is 0.762. The van der Waals surface area contributed by atoms with Crippen LogP contribution in [0.4, 0.5) is 0 Å². The number of aromatic nitrogens is 2. The lowest BCUT2D eigenvalue weighted by molar-refractivity contribution is -0.151. The maximum Gasteiger partial charge on any atom is 0.311 e. The van der Waals surface area contributed by atoms with E-state index >= 15 is 0 Å². The molecule has 1 aliphatic rings. The molecule has 0 aromatic carbocycles. The van der Waals surface area contributed by atoms with Crippen LogP contribution in [0.15, 0.2) is 29.9 Å². The van der Waals surface area contributed by atoms with Gasteiger partial charge in [0.05, 0.1) is 11.6 Å². The molecule has 0 radical (unpaired) electrons. The number of carboxylic acid groups (broad SMARTS) is 1. The summed E-state index contributed by atoms with van der Waals surface area (Å²) in [6, 6.07) is 0. The maximum absolute atomic E-state index is 12.8. The first kappa shape index (κ1) is 17.7. The van der Waals surface area contributed by atoms with Gasteiger partial charge in [-0.3, -0.25) is 9.48 Å². The predicted octanol–water partition coefficient (Wildman–Crippen LogP) is 1.72. The maximum atomic E-state index is 12.8. The average molecular weight is 341 g/mol. The van der Waals surface area contributed by atoms with Gasteiger partial charge in [0, 0.05) is 25.8 Å². The molecule has 0 amide bonds. The van der Waals surface area contributed by atoms with Gasteiger partial charge in [0.15, 0.2) is 0 Å². The summed E-state index contributed by atoms with van der Waals surface area (Å²) >= 11 is 0. The number of carboxylic acids is 1. The van der Waals surface area contributed by atoms with Crippen LogP contribution in [0.3, 0.4) is 0 Å². The molecule has 1 fully saturated rings. The summed E-state index contributed by atoms with van der Waals surface area (Å²) in [7, 11) is -3.73. The average Bonchev–Trinajstić information content (AvgIpc) is 2.97. The first-order valence-corrected chi connectivity index (χ1v) is 9.16. The number of hydrogen-bond donors (Lipinski definition) is 1. The molecule has 0 aliphatic carbocycles. The highest BCUT2D eigenvalue weighted by Gasteiger charge is 2.44. The Kier molecular flexibility index (Phi) is 5.26. The molecule has 2 rings (SSSR count). The smallest absolute Gasteiger partial charge is 0.311 e. The standard InChI is InChI=1S/C15H23N3O4S/c1-3-6-15(14(19)20)7-5-9-18(12-15)23(21,22)13-10-16-17(11-13)8-4-2/h3,10-11H,1,4-9,12H2,2H3,(H,19,20)/t15-/m0/s1. The van der Waals surface area contributed by atoms with E-state index in [2.05, 4.69) is 11.7 Å². The lowest BCUT2D eigenvalue weighted by Gasteiger charge is -2.38. The van der Waals surface area contributed by atoms with E-state index in [1.165, 1.54) is 16.7 Å². The van der Waals surface area contributed by atoms with Gasteiger partial charge in [0.2, 0.25) is 10.0 Å². The largest absolute Gasteiger partial charge is 0.481 e. The Morgan fingerprint density at radius 1 is 1.57 bits per heavy atom. The number of piperidine rings is 1. The highest BCUT2D eigenvalue weighted by atomic mass is 32.2. The molecule has 23 heavy (non-hydrogen) atoms. The van der Waals surface area contributed by atoms with Crippen LogP contribution in [-0.4, -0.2) is 46.7 Å². The molecule has 0 bridgehead atoms. The van der Waals surface area contributed by atoms with Crippen molar-refractivity contribution in [3.63, 3.8) is 0 Å². The van der Waals surface area contributed by atoms with Gasteiger partial charge in [-0.15, -0.1) is 6.58 Å². The summed E-state index contributed by atoms with van der Waals surface area (Å²) in [5.41, 5.74) is -1.09. The number of allylic oxidation sites excluding steroid dienone is 1. The Morgan fingerprint density at radius 3 is 2.91 bits per heavy atom. The van der Waals surface area contributed by atoms with Crippen LogP contribution < -0.4 is 0 Å². The summed E-state index contributed by atoms with van der Waals surface area (Å²) < 4.78 is 28.4. The van der Waals surface area contributed by atoms with Crippen LogP contribution in [0.1, 0.15) is 32.6 Å². The fourth-order valence-corrected chi connectivity index (χ4v) is 4.50. The number of hydrogen-bond acceptors (Lipinski definition) is 4. The number of aryl methyl sites for hydroxylation is 1. The number of aliphatic carboxylic acids is 1. The third kappa shape index (κ3) is 3.48. The molecule has 128 valence electrons. The van der Waals surface area contributed by atoms with E-state index in [0.29, 0.717) is 25.9 Å². The number of carbonyl (C=O) groups is 1. The summed E-state index contributed by atoms with van der Waals surface area (Å²) in [6.07, 6.45) is 6.45. The Morgan fingerprint density at radius 2 is 2.30 bits per heavy atom. The molecule has 2 heterocycles. The van der Waals surface area contributed by atoms with Gasteiger partial charge in [0.25, 0.3) is 0 Å². The van der Waals surface area contributed by atoms with E-state index in [1.807, 2.05) is 6.92 Å². The van der Waals surface area contributed by atoms with Gasteiger partial charge in [-0.25, -0.2) is 8.42 Å². The van der Waals surface area contributed by atoms with Gasteiger partial charge in [0.1, 0.15) is 4.90 Å². The van der Waals surface area contributed by atoms with E-state index < -0.39 is 21.4 Å². The summed E-state index contributed by atoms with van der Waals surface area (Å²) in [6.45, 7) is 6.53. The Labute approximate surface area is 136 Å². The van der Waals surface area contributed by atoms with Crippen LogP contribution in [-0.2, 0) is 21.4 Å². The van der Waals surface area contributed by atoms with Gasteiger partial charge >= 0.3 is 5.97 Å². The molecular weight excluding hydrogens is 318 g/mol. The molecule has 8 heteroatoms. The fourth-order valence-electron chi connectivity index (χ4n) is 2.98. The second kappa shape index (κ2) is 6.84. The first-order chi connectivity index (χ1) is 10.9. The van der Waals surface area contributed by atoms with Crippen LogP contribution in [0.5, 0.6) is 0 Å². The molecule has 1 saturated heterocycles. The van der Waals surface area contributed by atoms with Gasteiger partial charge in [-0.05, 0) is 25.7 Å². The lowest BCUT2D eigenvalue weighted by Crippen LogP contribution is -2.49. The Balaban J connectivity index is 2.28. The third-order valence-corrected chi connectivity index (χ3v) is 6.03. The van der Waals surface area contributed by atoms with Crippen molar-refractivity contribution in [2.45, 2.75) is 44.0 Å². The summed E-state index contributed by atoms with van der Waals surface area (Å²) in [5, 5.41) is 13.6. The van der Waals surface area contributed by atoms with E-state index in [4.69, 9.17) is 0 Å². The molecule has 1 aromatic rings. The zero-order valence-electron chi connectivity index (χ0n) is 13.3. The van der Waals surface area contributed by atoms with Gasteiger partial charge in [-0.2, -0.15) is 9.40 Å². The van der Waals surface area contributed by atoms with E-state index in [-0.39, 0.29) is 17.9 Å². The fraction of sp³-hybridized carbons (Fsp3) is 0.600. The molecule has 7 nitrogen and oxygen atoms in total. The number of sulfonamides is 1. The summed E-state index contributed by atoms with van der Waals surface area (Å²) in [4.78, 5) is 11.8. The molecule has 0 spiro atoms. The van der Waals surface area contributed by atoms with Crippen molar-refractivity contribution in [3.8, 4) is 0 Å². The zero-order chi connectivity index (χ0) is 17.1. The van der Waals surface area contributed by atoms with Crippen LogP contribution >= 0.6 is 0 Å². The van der Waals surface area contributed by atoms with Crippen molar-refractivity contribution in [2.75, 3.05) is 13.1 Å². The van der Waals surface area contributed by atoms with Gasteiger partial charge < -0.3 is 5.11 Å². The molecule has 1 atom stereocenters. The minimum atomic E-state index is -3.73. The molecule has 0 saturated carbocycles. The molecule has 1 aliphatic heterocycles. The van der Waals surface area contributed by atoms with Crippen molar-refractivity contribution < 1.29 is 18.3 Å². The topological polar surface area (TPSA) is 92.5 Å². The van der Waals surface area contributed by atoms with E-state index in [9.17, 15) is 18.3 Å². The minimum Gasteiger partial charge on any atom is -0.481 e. The molecule has 1 N–H and O–H groups in total. The van der Waals surface area contributed by atoms with E-state index in [0.717, 1.165) is 6.42 Å². The summed E-state index contributed by atoms with van der Waals surface area (Å²) in [5.74, 6) is -0.973. The monoisotopic (exact) mass is 341 g/mol. The lowest BCUT2D eigenvalue weighted by atomic mass is 9.78.